The first-order valence-corrected chi connectivity index (χ1v) is 5.24. The van der Waals surface area contributed by atoms with Crippen molar-refractivity contribution in [1.82, 2.24) is 0 Å². The van der Waals surface area contributed by atoms with E-state index < -0.39 is 0 Å². The number of halogens is 1. The van der Waals surface area contributed by atoms with Crippen LogP contribution in [0, 0.1) is 11.3 Å². The molecule has 1 aromatic rings. The van der Waals surface area contributed by atoms with Crippen molar-refractivity contribution in [1.29, 1.82) is 5.26 Å². The molecular formula is C11H14ClN3. The molecule has 0 bridgehead atoms. The van der Waals surface area contributed by atoms with Gasteiger partial charge in [0, 0.05) is 17.6 Å². The van der Waals surface area contributed by atoms with Crippen molar-refractivity contribution >= 4 is 17.3 Å². The van der Waals surface area contributed by atoms with Crippen molar-refractivity contribution in [2.45, 2.75) is 19.4 Å². The fourth-order valence-electron chi connectivity index (χ4n) is 1.15. The lowest BCUT2D eigenvalue weighted by Crippen LogP contribution is -2.28. The highest BCUT2D eigenvalue weighted by atomic mass is 35.5. The summed E-state index contributed by atoms with van der Waals surface area (Å²) >= 11 is 5.84. The maximum atomic E-state index is 8.87. The summed E-state index contributed by atoms with van der Waals surface area (Å²) in [5, 5.41) is 12.6. The summed E-state index contributed by atoms with van der Waals surface area (Å²) in [4.78, 5) is 0. The van der Waals surface area contributed by atoms with E-state index in [1.54, 1.807) is 18.2 Å². The van der Waals surface area contributed by atoms with Gasteiger partial charge in [-0.1, -0.05) is 18.5 Å². The van der Waals surface area contributed by atoms with E-state index in [0.29, 0.717) is 17.1 Å². The Morgan fingerprint density at radius 2 is 2.33 bits per heavy atom. The summed E-state index contributed by atoms with van der Waals surface area (Å²) in [6, 6.07) is 7.33. The molecule has 0 fully saturated rings. The third-order valence-electron chi connectivity index (χ3n) is 2.18. The molecule has 0 saturated carbocycles. The summed E-state index contributed by atoms with van der Waals surface area (Å²) in [5.41, 5.74) is 7.10. The van der Waals surface area contributed by atoms with Crippen LogP contribution in [-0.4, -0.2) is 12.6 Å². The number of anilines is 1. The van der Waals surface area contributed by atoms with E-state index in [0.717, 1.165) is 12.1 Å². The number of nitrogens with one attached hydrogen (secondary N) is 1. The average Bonchev–Trinajstić information content (AvgIpc) is 2.26. The van der Waals surface area contributed by atoms with Crippen LogP contribution < -0.4 is 11.1 Å². The lowest BCUT2D eigenvalue weighted by Gasteiger charge is -2.12. The van der Waals surface area contributed by atoms with E-state index in [-0.39, 0.29) is 6.04 Å². The van der Waals surface area contributed by atoms with Gasteiger partial charge >= 0.3 is 0 Å². The Kier molecular flexibility index (Phi) is 4.41. The van der Waals surface area contributed by atoms with E-state index in [2.05, 4.69) is 11.4 Å². The van der Waals surface area contributed by atoms with Crippen LogP contribution in [0.3, 0.4) is 0 Å². The molecule has 1 atom stereocenters. The maximum Gasteiger partial charge on any atom is 0.101 e. The molecule has 3 N–H and O–H groups in total. The van der Waals surface area contributed by atoms with Gasteiger partial charge in [0.25, 0.3) is 0 Å². The highest BCUT2D eigenvalue weighted by Gasteiger charge is 2.04. The van der Waals surface area contributed by atoms with Gasteiger partial charge in [-0.25, -0.2) is 0 Å². The zero-order valence-corrected chi connectivity index (χ0v) is 9.38. The van der Waals surface area contributed by atoms with E-state index in [9.17, 15) is 0 Å². The molecule has 0 saturated heterocycles. The predicted octanol–water partition coefficient (Wildman–Crippen LogP) is 2.36. The Labute approximate surface area is 94.8 Å². The second-order valence-electron chi connectivity index (χ2n) is 3.35. The van der Waals surface area contributed by atoms with Gasteiger partial charge in [0.2, 0.25) is 0 Å². The quantitative estimate of drug-likeness (QED) is 0.824. The molecule has 0 amide bonds. The first-order valence-electron chi connectivity index (χ1n) is 4.86. The molecule has 0 aliphatic rings. The molecule has 15 heavy (non-hydrogen) atoms. The Morgan fingerprint density at radius 3 is 2.93 bits per heavy atom. The van der Waals surface area contributed by atoms with Gasteiger partial charge in [-0.05, 0) is 24.6 Å². The Hall–Kier alpha value is -1.24. The number of hydrogen-bond acceptors (Lipinski definition) is 3. The third-order valence-corrected chi connectivity index (χ3v) is 2.42. The van der Waals surface area contributed by atoms with Crippen LogP contribution in [0.4, 0.5) is 5.69 Å². The molecule has 0 radical (unpaired) electrons. The van der Waals surface area contributed by atoms with Crippen LogP contribution in [-0.2, 0) is 0 Å². The van der Waals surface area contributed by atoms with Crippen molar-refractivity contribution in [2.75, 3.05) is 11.9 Å². The molecule has 0 spiro atoms. The van der Waals surface area contributed by atoms with Crippen molar-refractivity contribution in [2.24, 2.45) is 5.73 Å². The van der Waals surface area contributed by atoms with E-state index in [1.807, 2.05) is 6.92 Å². The molecule has 0 aromatic heterocycles. The number of benzene rings is 1. The summed E-state index contributed by atoms with van der Waals surface area (Å²) in [6.07, 6.45) is 0.898. The average molecular weight is 224 g/mol. The predicted molar refractivity (Wildman–Crippen MR) is 62.9 cm³/mol. The van der Waals surface area contributed by atoms with Crippen LogP contribution in [0.5, 0.6) is 0 Å². The minimum absolute atomic E-state index is 0.0931. The summed E-state index contributed by atoms with van der Waals surface area (Å²) in [5.74, 6) is 0. The van der Waals surface area contributed by atoms with Gasteiger partial charge in [0.15, 0.2) is 0 Å². The molecule has 3 nitrogen and oxygen atoms in total. The van der Waals surface area contributed by atoms with Crippen molar-refractivity contribution in [3.63, 3.8) is 0 Å². The molecule has 80 valence electrons. The normalized spacial score (nSPS) is 11.9. The molecular weight excluding hydrogens is 210 g/mol. The molecule has 1 unspecified atom stereocenters. The second-order valence-corrected chi connectivity index (χ2v) is 3.79. The van der Waals surface area contributed by atoms with Crippen LogP contribution >= 0.6 is 11.6 Å². The lowest BCUT2D eigenvalue weighted by atomic mass is 10.2. The van der Waals surface area contributed by atoms with Crippen LogP contribution in [0.2, 0.25) is 5.02 Å². The fraction of sp³-hybridized carbons (Fsp3) is 0.364. The number of nitrogens with two attached hydrogens (primary N) is 1. The molecule has 0 aliphatic heterocycles. The second kappa shape index (κ2) is 5.59. The Balaban J connectivity index is 2.75. The zero-order chi connectivity index (χ0) is 11.3. The molecule has 1 aromatic carbocycles. The highest BCUT2D eigenvalue weighted by Crippen LogP contribution is 2.20. The van der Waals surface area contributed by atoms with Gasteiger partial charge in [-0.3, -0.25) is 0 Å². The topological polar surface area (TPSA) is 61.8 Å². The largest absolute Gasteiger partial charge is 0.382 e. The number of rotatable bonds is 4. The van der Waals surface area contributed by atoms with Crippen LogP contribution in [0.25, 0.3) is 0 Å². The summed E-state index contributed by atoms with van der Waals surface area (Å²) < 4.78 is 0. The number of hydrogen-bond donors (Lipinski definition) is 2. The van der Waals surface area contributed by atoms with E-state index in [4.69, 9.17) is 22.6 Å². The fourth-order valence-corrected chi connectivity index (χ4v) is 1.32. The zero-order valence-electron chi connectivity index (χ0n) is 8.63. The van der Waals surface area contributed by atoms with Gasteiger partial charge in [0.1, 0.15) is 6.07 Å². The first kappa shape index (κ1) is 11.8. The molecule has 0 heterocycles. The van der Waals surface area contributed by atoms with Crippen LogP contribution in [0.1, 0.15) is 18.9 Å². The first-order chi connectivity index (χ1) is 7.17. The molecule has 4 heteroatoms. The maximum absolute atomic E-state index is 8.87. The SMILES string of the molecule is CCC(N)CNc1cc(Cl)ccc1C#N. The Bertz CT molecular complexity index is 371. The van der Waals surface area contributed by atoms with Crippen molar-refractivity contribution in [3.05, 3.63) is 28.8 Å². The van der Waals surface area contributed by atoms with Crippen LogP contribution in [0.15, 0.2) is 18.2 Å². The Morgan fingerprint density at radius 1 is 1.60 bits per heavy atom. The monoisotopic (exact) mass is 223 g/mol. The highest BCUT2D eigenvalue weighted by molar-refractivity contribution is 6.30. The minimum Gasteiger partial charge on any atom is -0.382 e. The van der Waals surface area contributed by atoms with Gasteiger partial charge < -0.3 is 11.1 Å². The van der Waals surface area contributed by atoms with Gasteiger partial charge in [-0.2, -0.15) is 5.26 Å². The summed E-state index contributed by atoms with van der Waals surface area (Å²) in [7, 11) is 0. The van der Waals surface area contributed by atoms with Crippen molar-refractivity contribution < 1.29 is 0 Å². The van der Waals surface area contributed by atoms with Gasteiger partial charge in [-0.15, -0.1) is 0 Å². The standard InChI is InChI=1S/C11H14ClN3/c1-2-10(14)7-15-11-5-9(12)4-3-8(11)6-13/h3-5,10,15H,2,7,14H2,1H3. The van der Waals surface area contributed by atoms with E-state index >= 15 is 0 Å². The number of nitriles is 1. The smallest absolute Gasteiger partial charge is 0.101 e. The summed E-state index contributed by atoms with van der Waals surface area (Å²) in [6.45, 7) is 2.67. The molecule has 1 rings (SSSR count). The van der Waals surface area contributed by atoms with Gasteiger partial charge in [0.05, 0.1) is 11.3 Å². The lowest BCUT2D eigenvalue weighted by molar-refractivity contribution is 0.679. The minimum atomic E-state index is 0.0931. The van der Waals surface area contributed by atoms with E-state index in [1.165, 1.54) is 0 Å². The number of nitrogens with zero attached hydrogens (tertiary/aromatic N) is 1. The van der Waals surface area contributed by atoms with Crippen molar-refractivity contribution in [3.8, 4) is 6.07 Å². The third kappa shape index (κ3) is 3.43. The molecule has 0 aliphatic carbocycles.